The maximum Gasteiger partial charge on any atom is 0.407 e. The fourth-order valence-electron chi connectivity index (χ4n) is 2.40. The summed E-state index contributed by atoms with van der Waals surface area (Å²) in [4.78, 5) is 36.4. The van der Waals surface area contributed by atoms with Crippen LogP contribution >= 0.6 is 0 Å². The Morgan fingerprint density at radius 1 is 1.26 bits per heavy atom. The van der Waals surface area contributed by atoms with E-state index in [4.69, 9.17) is 4.74 Å². The summed E-state index contributed by atoms with van der Waals surface area (Å²) < 4.78 is 5.07. The van der Waals surface area contributed by atoms with Crippen molar-refractivity contribution in [3.05, 3.63) is 0 Å². The van der Waals surface area contributed by atoms with Gasteiger partial charge in [-0.15, -0.1) is 0 Å². The fraction of sp³-hybridized carbons (Fsp3) is 0.769. The Kier molecular flexibility index (Phi) is 3.52. The van der Waals surface area contributed by atoms with Gasteiger partial charge < -0.3 is 10.1 Å². The number of imide groups is 1. The van der Waals surface area contributed by atoms with Gasteiger partial charge in [0, 0.05) is 13.1 Å². The summed E-state index contributed by atoms with van der Waals surface area (Å²) in [5.74, 6) is -0.387. The van der Waals surface area contributed by atoms with Gasteiger partial charge in [0.2, 0.25) is 11.8 Å². The molecule has 1 aliphatic carbocycles. The number of alkyl carbamates (subject to hydrolysis) is 1. The Morgan fingerprint density at radius 3 is 2.21 bits per heavy atom. The molecule has 106 valence electrons. The van der Waals surface area contributed by atoms with Crippen molar-refractivity contribution in [1.29, 1.82) is 0 Å². The molecule has 1 N–H and O–H groups in total. The highest BCUT2D eigenvalue weighted by molar-refractivity contribution is 6.06. The molecule has 2 aliphatic rings. The highest BCUT2D eigenvalue weighted by atomic mass is 16.6. The average Bonchev–Trinajstić information content (AvgIpc) is 2.33. The Balaban J connectivity index is 1.76. The van der Waals surface area contributed by atoms with Gasteiger partial charge in [0.15, 0.2) is 0 Å². The van der Waals surface area contributed by atoms with Gasteiger partial charge in [-0.3, -0.25) is 14.5 Å². The van der Waals surface area contributed by atoms with Crippen molar-refractivity contribution in [2.45, 2.75) is 39.2 Å². The van der Waals surface area contributed by atoms with Crippen molar-refractivity contribution in [1.82, 2.24) is 10.2 Å². The Labute approximate surface area is 112 Å². The maximum atomic E-state index is 11.8. The first-order valence-electron chi connectivity index (χ1n) is 6.61. The van der Waals surface area contributed by atoms with Crippen LogP contribution in [0.25, 0.3) is 0 Å². The average molecular weight is 268 g/mol. The maximum absolute atomic E-state index is 11.8. The monoisotopic (exact) mass is 268 g/mol. The van der Waals surface area contributed by atoms with Gasteiger partial charge in [-0.2, -0.15) is 0 Å². The Bertz CT molecular complexity index is 391. The molecule has 0 bridgehead atoms. The Morgan fingerprint density at radius 2 is 1.79 bits per heavy atom. The van der Waals surface area contributed by atoms with Gasteiger partial charge in [0.1, 0.15) is 5.60 Å². The number of nitrogens with zero attached hydrogens (tertiary/aromatic N) is 1. The molecule has 3 amide bonds. The minimum absolute atomic E-state index is 0.0905. The van der Waals surface area contributed by atoms with Crippen LogP contribution in [-0.2, 0) is 14.3 Å². The highest BCUT2D eigenvalue weighted by Gasteiger charge is 2.52. The zero-order valence-corrected chi connectivity index (χ0v) is 11.6. The lowest BCUT2D eigenvalue weighted by Crippen LogP contribution is -2.40. The van der Waals surface area contributed by atoms with Crippen LogP contribution < -0.4 is 5.32 Å². The summed E-state index contributed by atoms with van der Waals surface area (Å²) >= 11 is 0. The van der Waals surface area contributed by atoms with Gasteiger partial charge in [-0.25, -0.2) is 4.79 Å². The summed E-state index contributed by atoms with van der Waals surface area (Å²) in [5, 5.41) is 2.55. The van der Waals surface area contributed by atoms with E-state index in [9.17, 15) is 14.4 Å². The molecule has 0 aromatic rings. The summed E-state index contributed by atoms with van der Waals surface area (Å²) in [5.41, 5.74) is -0.553. The van der Waals surface area contributed by atoms with Crippen LogP contribution in [0.5, 0.6) is 0 Å². The predicted octanol–water partition coefficient (Wildman–Crippen LogP) is 0.906. The minimum Gasteiger partial charge on any atom is -0.444 e. The number of rotatable bonds is 3. The number of likely N-dealkylation sites (tertiary alicyclic amines) is 1. The molecule has 6 nitrogen and oxygen atoms in total. The topological polar surface area (TPSA) is 75.7 Å². The second-order valence-electron chi connectivity index (χ2n) is 6.05. The third-order valence-electron chi connectivity index (χ3n) is 3.44. The van der Waals surface area contributed by atoms with E-state index in [0.717, 1.165) is 12.8 Å². The number of fused-ring (bicyclic) bond motifs is 1. The third kappa shape index (κ3) is 2.88. The molecular weight excluding hydrogens is 248 g/mol. The summed E-state index contributed by atoms with van der Waals surface area (Å²) in [6.07, 6.45) is 1.09. The molecule has 0 aromatic carbocycles. The molecule has 2 atom stereocenters. The lowest BCUT2D eigenvalue weighted by atomic mass is 9.76. The summed E-state index contributed by atoms with van der Waals surface area (Å²) in [6, 6.07) is 0. The van der Waals surface area contributed by atoms with Crippen LogP contribution in [0.2, 0.25) is 0 Å². The van der Waals surface area contributed by atoms with Gasteiger partial charge in [0.05, 0.1) is 11.8 Å². The lowest BCUT2D eigenvalue weighted by Gasteiger charge is -2.24. The molecule has 6 heteroatoms. The minimum atomic E-state index is -0.553. The van der Waals surface area contributed by atoms with Crippen molar-refractivity contribution < 1.29 is 19.1 Å². The van der Waals surface area contributed by atoms with E-state index < -0.39 is 11.7 Å². The molecule has 0 spiro atoms. The van der Waals surface area contributed by atoms with E-state index in [1.807, 2.05) is 0 Å². The molecule has 1 heterocycles. The zero-order chi connectivity index (χ0) is 14.2. The number of hydrogen-bond acceptors (Lipinski definition) is 4. The number of hydrogen-bond donors (Lipinski definition) is 1. The van der Waals surface area contributed by atoms with E-state index >= 15 is 0 Å². The molecule has 0 radical (unpaired) electrons. The molecule has 1 saturated heterocycles. The smallest absolute Gasteiger partial charge is 0.407 e. The van der Waals surface area contributed by atoms with Crippen LogP contribution in [0.4, 0.5) is 4.79 Å². The Hall–Kier alpha value is -1.59. The summed E-state index contributed by atoms with van der Waals surface area (Å²) in [7, 11) is 0. The van der Waals surface area contributed by atoms with Crippen molar-refractivity contribution >= 4 is 17.9 Å². The molecule has 2 rings (SSSR count). The van der Waals surface area contributed by atoms with Gasteiger partial charge in [0.25, 0.3) is 0 Å². The number of carbonyl (C=O) groups excluding carboxylic acids is 3. The van der Waals surface area contributed by atoms with Crippen LogP contribution in [0.3, 0.4) is 0 Å². The predicted molar refractivity (Wildman–Crippen MR) is 67.2 cm³/mol. The largest absolute Gasteiger partial charge is 0.444 e. The second kappa shape index (κ2) is 4.83. The molecule has 0 unspecified atom stereocenters. The third-order valence-corrected chi connectivity index (χ3v) is 3.44. The normalized spacial score (nSPS) is 25.9. The molecule has 2 fully saturated rings. The molecular formula is C13H20N2O4. The molecule has 19 heavy (non-hydrogen) atoms. The van der Waals surface area contributed by atoms with Crippen LogP contribution in [0.1, 0.15) is 33.6 Å². The highest BCUT2D eigenvalue weighted by Crippen LogP contribution is 2.42. The first kappa shape index (κ1) is 13.8. The first-order valence-corrected chi connectivity index (χ1v) is 6.61. The van der Waals surface area contributed by atoms with Crippen LogP contribution in [0, 0.1) is 11.8 Å². The SMILES string of the molecule is CC(C)(C)OC(=O)NCCN1C(=O)[C@H]2CC[C@H]2C1=O. The van der Waals surface area contributed by atoms with E-state index in [1.54, 1.807) is 20.8 Å². The zero-order valence-electron chi connectivity index (χ0n) is 11.6. The van der Waals surface area contributed by atoms with Crippen molar-refractivity contribution in [3.8, 4) is 0 Å². The van der Waals surface area contributed by atoms with E-state index in [-0.39, 0.29) is 36.7 Å². The molecule has 0 aromatic heterocycles. The van der Waals surface area contributed by atoms with Crippen molar-refractivity contribution in [2.24, 2.45) is 11.8 Å². The number of ether oxygens (including phenoxy) is 1. The number of carbonyl (C=O) groups is 3. The summed E-state index contributed by atoms with van der Waals surface area (Å²) in [6.45, 7) is 5.78. The standard InChI is InChI=1S/C13H20N2O4/c1-13(2,3)19-12(18)14-6-7-15-10(16)8-4-5-9(8)11(15)17/h8-9H,4-7H2,1-3H3,(H,14,18)/t8-,9+. The van der Waals surface area contributed by atoms with Crippen LogP contribution in [0.15, 0.2) is 0 Å². The molecule has 1 aliphatic heterocycles. The number of amides is 3. The van der Waals surface area contributed by atoms with Gasteiger partial charge >= 0.3 is 6.09 Å². The van der Waals surface area contributed by atoms with Crippen molar-refractivity contribution in [2.75, 3.05) is 13.1 Å². The van der Waals surface area contributed by atoms with E-state index in [1.165, 1.54) is 4.90 Å². The number of nitrogens with one attached hydrogen (secondary N) is 1. The van der Waals surface area contributed by atoms with Gasteiger partial charge in [-0.1, -0.05) is 0 Å². The quantitative estimate of drug-likeness (QED) is 0.772. The van der Waals surface area contributed by atoms with Gasteiger partial charge in [-0.05, 0) is 33.6 Å². The second-order valence-corrected chi connectivity index (χ2v) is 6.05. The molecule has 1 saturated carbocycles. The lowest BCUT2D eigenvalue weighted by molar-refractivity contribution is -0.139. The van der Waals surface area contributed by atoms with Crippen LogP contribution in [-0.4, -0.2) is 41.5 Å². The van der Waals surface area contributed by atoms with E-state index in [2.05, 4.69) is 5.32 Å². The van der Waals surface area contributed by atoms with Crippen molar-refractivity contribution in [3.63, 3.8) is 0 Å². The van der Waals surface area contributed by atoms with E-state index in [0.29, 0.717) is 0 Å². The first-order chi connectivity index (χ1) is 8.79. The fourth-order valence-corrected chi connectivity index (χ4v) is 2.40.